The Kier molecular flexibility index (Phi) is 3.76. The minimum Gasteiger partial charge on any atom is -0.348 e. The fourth-order valence-corrected chi connectivity index (χ4v) is 2.55. The van der Waals surface area contributed by atoms with E-state index < -0.39 is 21.2 Å². The molecule has 1 saturated heterocycles. The van der Waals surface area contributed by atoms with E-state index in [1.165, 1.54) is 0 Å². The molecule has 0 amide bonds. The Hall–Kier alpha value is -0.170. The van der Waals surface area contributed by atoms with Crippen molar-refractivity contribution in [3.05, 3.63) is 0 Å². The minimum absolute atomic E-state index is 0.258. The van der Waals surface area contributed by atoms with Gasteiger partial charge in [-0.15, -0.1) is 0 Å². The average molecular weight is 238 g/mol. The van der Waals surface area contributed by atoms with Crippen molar-refractivity contribution in [2.75, 3.05) is 6.61 Å². The summed E-state index contributed by atoms with van der Waals surface area (Å²) in [6.45, 7) is 5.65. The zero-order valence-electron chi connectivity index (χ0n) is 9.26. The first-order chi connectivity index (χ1) is 6.74. The smallest absolute Gasteiger partial charge is 0.267 e. The summed E-state index contributed by atoms with van der Waals surface area (Å²) in [5, 5.41) is -0.764. The van der Waals surface area contributed by atoms with Crippen LogP contribution in [-0.4, -0.2) is 36.7 Å². The van der Waals surface area contributed by atoms with E-state index in [9.17, 15) is 8.42 Å². The van der Waals surface area contributed by atoms with Crippen molar-refractivity contribution in [1.29, 1.82) is 0 Å². The molecule has 1 heterocycles. The first-order valence-corrected chi connectivity index (χ1v) is 6.53. The van der Waals surface area contributed by atoms with Crippen LogP contribution in [0, 0.1) is 0 Å². The van der Waals surface area contributed by atoms with Gasteiger partial charge in [-0.2, -0.15) is 8.42 Å². The molecule has 6 heteroatoms. The monoisotopic (exact) mass is 238 g/mol. The van der Waals surface area contributed by atoms with Crippen molar-refractivity contribution in [2.45, 2.75) is 50.8 Å². The Morgan fingerprint density at radius 2 is 2.13 bits per heavy atom. The predicted octanol–water partition coefficient (Wildman–Crippen LogP) is 1.19. The van der Waals surface area contributed by atoms with Gasteiger partial charge in [0.15, 0.2) is 5.79 Å². The molecule has 1 aliphatic rings. The molecule has 5 nitrogen and oxygen atoms in total. The van der Waals surface area contributed by atoms with E-state index in [4.69, 9.17) is 14.0 Å². The van der Waals surface area contributed by atoms with Gasteiger partial charge in [0.1, 0.15) is 0 Å². The predicted molar refractivity (Wildman–Crippen MR) is 55.1 cm³/mol. The van der Waals surface area contributed by atoms with E-state index in [0.29, 0.717) is 13.0 Å². The Balaban J connectivity index is 2.55. The van der Waals surface area contributed by atoms with Gasteiger partial charge >= 0.3 is 0 Å². The van der Waals surface area contributed by atoms with Crippen LogP contribution in [0.1, 0.15) is 33.6 Å². The molecule has 1 aliphatic heterocycles. The maximum atomic E-state index is 11.0. The van der Waals surface area contributed by atoms with Crippen molar-refractivity contribution in [3.63, 3.8) is 0 Å². The number of hydrogen-bond donors (Lipinski definition) is 1. The van der Waals surface area contributed by atoms with Crippen LogP contribution < -0.4 is 0 Å². The highest BCUT2D eigenvalue weighted by atomic mass is 32.2. The summed E-state index contributed by atoms with van der Waals surface area (Å²) in [7, 11) is -3.98. The molecule has 0 aliphatic carbocycles. The second kappa shape index (κ2) is 4.37. The van der Waals surface area contributed by atoms with Gasteiger partial charge in [0.05, 0.1) is 18.0 Å². The molecule has 0 radical (unpaired) electrons. The van der Waals surface area contributed by atoms with Crippen molar-refractivity contribution < 1.29 is 22.4 Å². The highest BCUT2D eigenvalue weighted by Crippen LogP contribution is 2.26. The number of hydrogen-bond acceptors (Lipinski definition) is 4. The molecule has 1 fully saturated rings. The molecular formula is C9H18O5S. The van der Waals surface area contributed by atoms with Crippen LogP contribution in [0.3, 0.4) is 0 Å². The minimum atomic E-state index is -3.98. The third-order valence-electron chi connectivity index (χ3n) is 2.47. The van der Waals surface area contributed by atoms with E-state index in [2.05, 4.69) is 0 Å². The molecule has 0 bridgehead atoms. The molecule has 2 atom stereocenters. The molecule has 0 aromatic heterocycles. The largest absolute Gasteiger partial charge is 0.348 e. The van der Waals surface area contributed by atoms with Crippen LogP contribution in [0.25, 0.3) is 0 Å². The number of ether oxygens (including phenoxy) is 2. The zero-order chi connectivity index (χ0) is 11.7. The summed E-state index contributed by atoms with van der Waals surface area (Å²) < 4.78 is 41.7. The van der Waals surface area contributed by atoms with E-state index >= 15 is 0 Å². The molecule has 1 unspecified atom stereocenters. The van der Waals surface area contributed by atoms with Crippen LogP contribution in [0.4, 0.5) is 0 Å². The van der Waals surface area contributed by atoms with Gasteiger partial charge < -0.3 is 9.47 Å². The van der Waals surface area contributed by atoms with Crippen molar-refractivity contribution in [2.24, 2.45) is 0 Å². The van der Waals surface area contributed by atoms with Crippen LogP contribution in [0.2, 0.25) is 0 Å². The molecule has 1 rings (SSSR count). The molecule has 0 aromatic rings. The summed E-state index contributed by atoms with van der Waals surface area (Å²) in [4.78, 5) is 0. The lowest BCUT2D eigenvalue weighted by atomic mass is 10.2. The summed E-state index contributed by atoms with van der Waals surface area (Å²) in [5.74, 6) is -0.651. The number of rotatable bonds is 4. The van der Waals surface area contributed by atoms with E-state index in [1.54, 1.807) is 20.8 Å². The maximum absolute atomic E-state index is 11.0. The molecule has 90 valence electrons. The second-order valence-corrected chi connectivity index (χ2v) is 5.93. The van der Waals surface area contributed by atoms with Gasteiger partial charge in [0.25, 0.3) is 10.1 Å². The summed E-state index contributed by atoms with van der Waals surface area (Å²) in [5.41, 5.74) is 0. The lowest BCUT2D eigenvalue weighted by Gasteiger charge is -2.19. The van der Waals surface area contributed by atoms with Crippen molar-refractivity contribution >= 4 is 10.1 Å². The van der Waals surface area contributed by atoms with Gasteiger partial charge in [-0.3, -0.25) is 4.55 Å². The fourth-order valence-electron chi connectivity index (χ4n) is 1.67. The van der Waals surface area contributed by atoms with Crippen LogP contribution in [0.5, 0.6) is 0 Å². The average Bonchev–Trinajstić information content (AvgIpc) is 2.39. The van der Waals surface area contributed by atoms with E-state index in [0.717, 1.165) is 0 Å². The SMILES string of the molecule is CC[C@@H](CC1COC(C)(C)O1)S(=O)(=O)O. The van der Waals surface area contributed by atoms with Crippen LogP contribution in [0.15, 0.2) is 0 Å². The van der Waals surface area contributed by atoms with Crippen LogP contribution >= 0.6 is 0 Å². The van der Waals surface area contributed by atoms with Crippen molar-refractivity contribution in [1.82, 2.24) is 0 Å². The molecule has 0 aromatic carbocycles. The standard InChI is InChI=1S/C9H18O5S/c1-4-8(15(10,11)12)5-7-6-13-9(2,3)14-7/h7-8H,4-6H2,1-3H3,(H,10,11,12)/t7?,8-/m0/s1. The Morgan fingerprint density at radius 3 is 2.47 bits per heavy atom. The van der Waals surface area contributed by atoms with Gasteiger partial charge in [0.2, 0.25) is 0 Å². The lowest BCUT2D eigenvalue weighted by molar-refractivity contribution is -0.138. The fraction of sp³-hybridized carbons (Fsp3) is 1.00. The first kappa shape index (κ1) is 12.9. The van der Waals surface area contributed by atoms with Gasteiger partial charge in [0, 0.05) is 0 Å². The maximum Gasteiger partial charge on any atom is 0.267 e. The summed E-state index contributed by atoms with van der Waals surface area (Å²) >= 11 is 0. The molecular weight excluding hydrogens is 220 g/mol. The molecule has 0 spiro atoms. The normalized spacial score (nSPS) is 27.9. The second-order valence-electron chi connectivity index (χ2n) is 4.23. The lowest BCUT2D eigenvalue weighted by Crippen LogP contribution is -2.28. The zero-order valence-corrected chi connectivity index (χ0v) is 10.1. The van der Waals surface area contributed by atoms with E-state index in [-0.39, 0.29) is 12.5 Å². The molecule has 1 N–H and O–H groups in total. The summed E-state index contributed by atoms with van der Waals surface area (Å²) in [6, 6.07) is 0. The van der Waals surface area contributed by atoms with Crippen molar-refractivity contribution in [3.8, 4) is 0 Å². The van der Waals surface area contributed by atoms with Gasteiger partial charge in [-0.1, -0.05) is 6.92 Å². The van der Waals surface area contributed by atoms with E-state index in [1.807, 2.05) is 0 Å². The molecule has 15 heavy (non-hydrogen) atoms. The van der Waals surface area contributed by atoms with Crippen LogP contribution in [-0.2, 0) is 19.6 Å². The highest BCUT2D eigenvalue weighted by Gasteiger charge is 2.36. The highest BCUT2D eigenvalue weighted by molar-refractivity contribution is 7.86. The third kappa shape index (κ3) is 3.71. The quantitative estimate of drug-likeness (QED) is 0.745. The first-order valence-electron chi connectivity index (χ1n) is 5.02. The summed E-state index contributed by atoms with van der Waals surface area (Å²) in [6.07, 6.45) is 0.393. The Bertz CT molecular complexity index is 308. The topological polar surface area (TPSA) is 72.8 Å². The van der Waals surface area contributed by atoms with Gasteiger partial charge in [-0.05, 0) is 26.7 Å². The van der Waals surface area contributed by atoms with Gasteiger partial charge in [-0.25, -0.2) is 0 Å². The Morgan fingerprint density at radius 1 is 1.53 bits per heavy atom. The molecule has 0 saturated carbocycles. The third-order valence-corrected chi connectivity index (χ3v) is 3.84. The Labute approximate surface area is 90.5 Å².